The van der Waals surface area contributed by atoms with Crippen LogP contribution in [0.2, 0.25) is 5.02 Å². The molecule has 94 valence electrons. The second kappa shape index (κ2) is 6.50. The molecule has 0 aliphatic carbocycles. The molecular weight excluding hydrogens is 236 g/mol. The van der Waals surface area contributed by atoms with E-state index in [0.29, 0.717) is 24.0 Å². The van der Waals surface area contributed by atoms with Gasteiger partial charge in [-0.3, -0.25) is 0 Å². The number of nitrogens with zero attached hydrogens (tertiary/aromatic N) is 1. The fraction of sp³-hybridized carbons (Fsp3) is 0.462. The molecule has 4 heteroatoms. The summed E-state index contributed by atoms with van der Waals surface area (Å²) < 4.78 is 0. The Labute approximate surface area is 108 Å². The molecule has 0 saturated carbocycles. The van der Waals surface area contributed by atoms with Crippen LogP contribution in [0.15, 0.2) is 24.3 Å². The lowest BCUT2D eigenvalue weighted by atomic mass is 10.2. The maximum Gasteiger partial charge on any atom is 0.317 e. The summed E-state index contributed by atoms with van der Waals surface area (Å²) in [6, 6.07) is 7.48. The first kappa shape index (κ1) is 13.8. The molecule has 0 aliphatic rings. The summed E-state index contributed by atoms with van der Waals surface area (Å²) in [6.45, 7) is 5.39. The molecule has 1 N–H and O–H groups in total. The Morgan fingerprint density at radius 2 is 2.18 bits per heavy atom. The van der Waals surface area contributed by atoms with Crippen molar-refractivity contribution in [1.82, 2.24) is 10.2 Å². The standard InChI is InChI=1S/C13H19ClN2O/c1-10(2)8-15-13(17)16(3)9-11-5-4-6-12(14)7-11/h4-7,10H,8-9H2,1-3H3,(H,15,17). The lowest BCUT2D eigenvalue weighted by Gasteiger charge is -2.19. The highest BCUT2D eigenvalue weighted by Crippen LogP contribution is 2.12. The van der Waals surface area contributed by atoms with Crippen LogP contribution in [0.1, 0.15) is 19.4 Å². The molecule has 2 amide bonds. The van der Waals surface area contributed by atoms with Crippen LogP contribution in [0.3, 0.4) is 0 Å². The Kier molecular flexibility index (Phi) is 5.29. The molecule has 0 saturated heterocycles. The third-order valence-electron chi connectivity index (χ3n) is 2.32. The zero-order valence-electron chi connectivity index (χ0n) is 10.5. The van der Waals surface area contributed by atoms with Crippen LogP contribution in [0.4, 0.5) is 4.79 Å². The van der Waals surface area contributed by atoms with Crippen molar-refractivity contribution in [3.8, 4) is 0 Å². The third kappa shape index (κ3) is 5.09. The highest BCUT2D eigenvalue weighted by atomic mass is 35.5. The van der Waals surface area contributed by atoms with Crippen LogP contribution in [0.5, 0.6) is 0 Å². The monoisotopic (exact) mass is 254 g/mol. The number of urea groups is 1. The first-order valence-electron chi connectivity index (χ1n) is 5.72. The van der Waals surface area contributed by atoms with Gasteiger partial charge in [-0.15, -0.1) is 0 Å². The van der Waals surface area contributed by atoms with Crippen molar-refractivity contribution in [2.75, 3.05) is 13.6 Å². The zero-order chi connectivity index (χ0) is 12.8. The normalized spacial score (nSPS) is 10.4. The second-order valence-corrected chi connectivity index (χ2v) is 5.00. The van der Waals surface area contributed by atoms with E-state index in [1.807, 2.05) is 24.3 Å². The van der Waals surface area contributed by atoms with E-state index in [2.05, 4.69) is 19.2 Å². The Morgan fingerprint density at radius 1 is 1.47 bits per heavy atom. The molecular formula is C13H19ClN2O. The van der Waals surface area contributed by atoms with E-state index < -0.39 is 0 Å². The van der Waals surface area contributed by atoms with Gasteiger partial charge in [-0.2, -0.15) is 0 Å². The molecule has 0 spiro atoms. The summed E-state index contributed by atoms with van der Waals surface area (Å²) in [5.74, 6) is 0.457. The van der Waals surface area contributed by atoms with Gasteiger partial charge in [0.25, 0.3) is 0 Å². The van der Waals surface area contributed by atoms with E-state index in [9.17, 15) is 4.79 Å². The number of rotatable bonds is 4. The van der Waals surface area contributed by atoms with Crippen molar-refractivity contribution in [1.29, 1.82) is 0 Å². The fourth-order valence-electron chi connectivity index (χ4n) is 1.41. The van der Waals surface area contributed by atoms with E-state index in [0.717, 1.165) is 5.56 Å². The van der Waals surface area contributed by atoms with Gasteiger partial charge in [0.1, 0.15) is 0 Å². The molecule has 0 radical (unpaired) electrons. The topological polar surface area (TPSA) is 32.3 Å². The van der Waals surface area contributed by atoms with Gasteiger partial charge in [0.2, 0.25) is 0 Å². The summed E-state index contributed by atoms with van der Waals surface area (Å²) >= 11 is 5.89. The van der Waals surface area contributed by atoms with Gasteiger partial charge < -0.3 is 10.2 Å². The predicted molar refractivity (Wildman–Crippen MR) is 71.2 cm³/mol. The molecule has 0 unspecified atom stereocenters. The van der Waals surface area contributed by atoms with Crippen LogP contribution in [-0.4, -0.2) is 24.5 Å². The SMILES string of the molecule is CC(C)CNC(=O)N(C)Cc1cccc(Cl)c1. The molecule has 1 aromatic rings. The van der Waals surface area contributed by atoms with E-state index in [4.69, 9.17) is 11.6 Å². The first-order chi connectivity index (χ1) is 7.99. The first-order valence-corrected chi connectivity index (χ1v) is 6.10. The number of nitrogens with one attached hydrogen (secondary N) is 1. The van der Waals surface area contributed by atoms with Crippen molar-refractivity contribution in [3.63, 3.8) is 0 Å². The van der Waals surface area contributed by atoms with E-state index in [1.165, 1.54) is 0 Å². The van der Waals surface area contributed by atoms with E-state index in [-0.39, 0.29) is 6.03 Å². The van der Waals surface area contributed by atoms with E-state index >= 15 is 0 Å². The highest BCUT2D eigenvalue weighted by Gasteiger charge is 2.09. The van der Waals surface area contributed by atoms with E-state index in [1.54, 1.807) is 11.9 Å². The number of hydrogen-bond donors (Lipinski definition) is 1. The maximum absolute atomic E-state index is 11.7. The zero-order valence-corrected chi connectivity index (χ0v) is 11.3. The molecule has 0 fully saturated rings. The van der Waals surface area contributed by atoms with Gasteiger partial charge in [0, 0.05) is 25.2 Å². The van der Waals surface area contributed by atoms with Crippen molar-refractivity contribution in [2.45, 2.75) is 20.4 Å². The number of benzene rings is 1. The molecule has 1 aromatic carbocycles. The highest BCUT2D eigenvalue weighted by molar-refractivity contribution is 6.30. The average Bonchev–Trinajstić information content (AvgIpc) is 2.25. The number of hydrogen-bond acceptors (Lipinski definition) is 1. The predicted octanol–water partition coefficient (Wildman–Crippen LogP) is 3.14. The number of amides is 2. The molecule has 0 atom stereocenters. The molecule has 0 heterocycles. The van der Waals surface area contributed by atoms with Gasteiger partial charge in [0.05, 0.1) is 0 Å². The summed E-state index contributed by atoms with van der Waals surface area (Å²) in [5.41, 5.74) is 1.03. The number of carbonyl (C=O) groups excluding carboxylic acids is 1. The van der Waals surface area contributed by atoms with Crippen LogP contribution in [0, 0.1) is 5.92 Å². The lowest BCUT2D eigenvalue weighted by Crippen LogP contribution is -2.38. The molecule has 3 nitrogen and oxygen atoms in total. The Bertz CT molecular complexity index is 379. The minimum atomic E-state index is -0.0568. The minimum Gasteiger partial charge on any atom is -0.338 e. The summed E-state index contributed by atoms with van der Waals surface area (Å²) in [4.78, 5) is 13.4. The van der Waals surface area contributed by atoms with Crippen molar-refractivity contribution < 1.29 is 4.79 Å². The Morgan fingerprint density at radius 3 is 2.76 bits per heavy atom. The summed E-state index contributed by atoms with van der Waals surface area (Å²) in [6.07, 6.45) is 0. The maximum atomic E-state index is 11.7. The molecule has 0 aromatic heterocycles. The molecule has 17 heavy (non-hydrogen) atoms. The van der Waals surface area contributed by atoms with Gasteiger partial charge in [-0.05, 0) is 23.6 Å². The Hall–Kier alpha value is -1.22. The molecule has 0 aliphatic heterocycles. The number of carbonyl (C=O) groups is 1. The van der Waals surface area contributed by atoms with Gasteiger partial charge in [-0.25, -0.2) is 4.79 Å². The molecule has 0 bridgehead atoms. The minimum absolute atomic E-state index is 0.0568. The van der Waals surface area contributed by atoms with Crippen LogP contribution in [0.25, 0.3) is 0 Å². The summed E-state index contributed by atoms with van der Waals surface area (Å²) in [5, 5.41) is 3.56. The largest absolute Gasteiger partial charge is 0.338 e. The van der Waals surface area contributed by atoms with Crippen molar-refractivity contribution in [3.05, 3.63) is 34.9 Å². The van der Waals surface area contributed by atoms with Crippen molar-refractivity contribution in [2.24, 2.45) is 5.92 Å². The average molecular weight is 255 g/mol. The third-order valence-corrected chi connectivity index (χ3v) is 2.55. The van der Waals surface area contributed by atoms with Gasteiger partial charge in [0.15, 0.2) is 0 Å². The van der Waals surface area contributed by atoms with Crippen molar-refractivity contribution >= 4 is 17.6 Å². The lowest BCUT2D eigenvalue weighted by molar-refractivity contribution is 0.205. The number of halogens is 1. The summed E-state index contributed by atoms with van der Waals surface area (Å²) in [7, 11) is 1.77. The molecule has 1 rings (SSSR count). The smallest absolute Gasteiger partial charge is 0.317 e. The van der Waals surface area contributed by atoms with Crippen LogP contribution >= 0.6 is 11.6 Å². The van der Waals surface area contributed by atoms with Gasteiger partial charge >= 0.3 is 6.03 Å². The van der Waals surface area contributed by atoms with Gasteiger partial charge in [-0.1, -0.05) is 37.6 Å². The Balaban J connectivity index is 2.48. The fourth-order valence-corrected chi connectivity index (χ4v) is 1.62. The quantitative estimate of drug-likeness (QED) is 0.880. The van der Waals surface area contributed by atoms with Crippen LogP contribution in [-0.2, 0) is 6.54 Å². The van der Waals surface area contributed by atoms with Crippen LogP contribution < -0.4 is 5.32 Å². The second-order valence-electron chi connectivity index (χ2n) is 4.57.